The number of benzene rings is 2. The molecule has 0 N–H and O–H groups in total. The largest absolute Gasteiger partial charge is 0.279 e. The third-order valence-corrected chi connectivity index (χ3v) is 2.85. The van der Waals surface area contributed by atoms with Gasteiger partial charge in [0, 0.05) is 11.1 Å². The van der Waals surface area contributed by atoms with Gasteiger partial charge < -0.3 is 0 Å². The molecular formula is C18H10O2. The van der Waals surface area contributed by atoms with Crippen LogP contribution in [-0.2, 0) is 0 Å². The summed E-state index contributed by atoms with van der Waals surface area (Å²) in [6.45, 7) is 0. The molecule has 0 aliphatic carbocycles. The third-order valence-electron chi connectivity index (χ3n) is 2.85. The van der Waals surface area contributed by atoms with E-state index in [-0.39, 0.29) is 11.6 Å². The van der Waals surface area contributed by atoms with Gasteiger partial charge in [-0.2, -0.15) is 0 Å². The van der Waals surface area contributed by atoms with Crippen molar-refractivity contribution in [1.29, 1.82) is 0 Å². The van der Waals surface area contributed by atoms with Crippen LogP contribution in [0.3, 0.4) is 0 Å². The van der Waals surface area contributed by atoms with Gasteiger partial charge in [0.15, 0.2) is 0 Å². The predicted molar refractivity (Wildman–Crippen MR) is 78.2 cm³/mol. The van der Waals surface area contributed by atoms with Crippen molar-refractivity contribution in [2.45, 2.75) is 0 Å². The summed E-state index contributed by atoms with van der Waals surface area (Å²) in [5.74, 6) is 3.41. The van der Waals surface area contributed by atoms with Crippen LogP contribution < -0.4 is 0 Å². The number of ketones is 2. The lowest BCUT2D eigenvalue weighted by atomic mass is 9.99. The minimum Gasteiger partial charge on any atom is -0.279 e. The van der Waals surface area contributed by atoms with Gasteiger partial charge in [-0.3, -0.25) is 9.59 Å². The Kier molecular flexibility index (Phi) is 3.80. The number of hydrogen-bond donors (Lipinski definition) is 0. The summed E-state index contributed by atoms with van der Waals surface area (Å²) in [5, 5.41) is 0. The maximum Gasteiger partial charge on any atom is 0.235 e. The number of carbonyl (C=O) groups is 2. The zero-order valence-electron chi connectivity index (χ0n) is 10.6. The van der Waals surface area contributed by atoms with Crippen molar-refractivity contribution >= 4 is 11.6 Å². The molecular weight excluding hydrogens is 248 g/mol. The van der Waals surface area contributed by atoms with Crippen molar-refractivity contribution in [3.8, 4) is 35.8 Å². The van der Waals surface area contributed by atoms with Gasteiger partial charge >= 0.3 is 0 Å². The van der Waals surface area contributed by atoms with Crippen molar-refractivity contribution in [3.63, 3.8) is 0 Å². The second-order valence-corrected chi connectivity index (χ2v) is 4.11. The second-order valence-electron chi connectivity index (χ2n) is 4.11. The molecule has 20 heavy (non-hydrogen) atoms. The lowest BCUT2D eigenvalue weighted by Crippen LogP contribution is -1.96. The first-order valence-corrected chi connectivity index (χ1v) is 5.88. The van der Waals surface area contributed by atoms with Crippen LogP contribution in [0.25, 0.3) is 11.1 Å². The van der Waals surface area contributed by atoms with Crippen LogP contribution in [0, 0.1) is 24.7 Å². The molecule has 0 fully saturated rings. The molecule has 0 radical (unpaired) electrons. The Morgan fingerprint density at radius 3 is 1.50 bits per heavy atom. The highest BCUT2D eigenvalue weighted by molar-refractivity contribution is 6.10. The molecule has 2 aromatic rings. The normalized spacial score (nSPS) is 9.30. The Morgan fingerprint density at radius 2 is 1.15 bits per heavy atom. The average molecular weight is 258 g/mol. The molecule has 2 aromatic carbocycles. The fourth-order valence-corrected chi connectivity index (χ4v) is 1.85. The highest BCUT2D eigenvalue weighted by Gasteiger charge is 2.07. The van der Waals surface area contributed by atoms with Gasteiger partial charge in [0.25, 0.3) is 0 Å². The van der Waals surface area contributed by atoms with E-state index in [1.807, 2.05) is 12.1 Å². The molecule has 0 bridgehead atoms. The Hall–Kier alpha value is -3.10. The molecule has 0 unspecified atom stereocenters. The first-order chi connectivity index (χ1) is 9.65. The topological polar surface area (TPSA) is 34.1 Å². The van der Waals surface area contributed by atoms with E-state index < -0.39 is 0 Å². The van der Waals surface area contributed by atoms with E-state index in [0.717, 1.165) is 11.1 Å². The molecule has 0 amide bonds. The lowest BCUT2D eigenvalue weighted by Gasteiger charge is -2.04. The Bertz CT molecular complexity index is 703. The zero-order chi connectivity index (χ0) is 14.5. The van der Waals surface area contributed by atoms with Crippen LogP contribution in [0.2, 0.25) is 0 Å². The van der Waals surface area contributed by atoms with E-state index >= 15 is 0 Å². The fraction of sp³-hybridized carbons (Fsp3) is 0. The van der Waals surface area contributed by atoms with E-state index in [1.165, 1.54) is 0 Å². The van der Waals surface area contributed by atoms with Gasteiger partial charge in [-0.1, -0.05) is 36.4 Å². The van der Waals surface area contributed by atoms with Crippen molar-refractivity contribution in [3.05, 3.63) is 59.7 Å². The van der Waals surface area contributed by atoms with Gasteiger partial charge in [-0.25, -0.2) is 0 Å². The summed E-state index contributed by atoms with van der Waals surface area (Å²) in [5.41, 5.74) is 2.49. The van der Waals surface area contributed by atoms with Gasteiger partial charge in [0.1, 0.15) is 0 Å². The summed E-state index contributed by atoms with van der Waals surface area (Å²) in [4.78, 5) is 23.0. The molecule has 94 valence electrons. The summed E-state index contributed by atoms with van der Waals surface area (Å²) in [7, 11) is 0. The third kappa shape index (κ3) is 2.66. The minimum atomic E-state index is -0.372. The van der Waals surface area contributed by atoms with Crippen molar-refractivity contribution in [1.82, 2.24) is 0 Å². The molecule has 0 saturated carbocycles. The minimum absolute atomic E-state index is 0.372. The van der Waals surface area contributed by atoms with Crippen LogP contribution in [0.15, 0.2) is 48.5 Å². The maximum atomic E-state index is 11.5. The van der Waals surface area contributed by atoms with E-state index in [9.17, 15) is 9.59 Å². The van der Waals surface area contributed by atoms with Crippen molar-refractivity contribution < 1.29 is 9.59 Å². The fourth-order valence-electron chi connectivity index (χ4n) is 1.85. The molecule has 0 heterocycles. The van der Waals surface area contributed by atoms with E-state index in [2.05, 4.69) is 11.8 Å². The SMILES string of the molecule is C#CC(=O)c1cccc(-c2cccc(C(=O)C#C)c2)c1. The van der Waals surface area contributed by atoms with Crippen LogP contribution in [0.5, 0.6) is 0 Å². The first-order valence-electron chi connectivity index (χ1n) is 5.88. The molecule has 0 aliphatic heterocycles. The number of rotatable bonds is 3. The van der Waals surface area contributed by atoms with Crippen LogP contribution >= 0.6 is 0 Å². The smallest absolute Gasteiger partial charge is 0.235 e. The Balaban J connectivity index is 2.48. The Labute approximate surface area is 117 Å². The molecule has 2 rings (SSSR count). The molecule has 0 spiro atoms. The monoisotopic (exact) mass is 258 g/mol. The number of hydrogen-bond acceptors (Lipinski definition) is 2. The number of Topliss-reactive ketones (excluding diaryl/α,β-unsaturated/α-hetero) is 2. The molecule has 0 atom stereocenters. The van der Waals surface area contributed by atoms with Gasteiger partial charge in [0.2, 0.25) is 11.6 Å². The summed E-state index contributed by atoms with van der Waals surface area (Å²) in [6.07, 6.45) is 10.2. The highest BCUT2D eigenvalue weighted by Crippen LogP contribution is 2.22. The van der Waals surface area contributed by atoms with Crippen LogP contribution in [0.1, 0.15) is 20.7 Å². The Morgan fingerprint density at radius 1 is 0.750 bits per heavy atom. The van der Waals surface area contributed by atoms with E-state index in [1.54, 1.807) is 36.4 Å². The van der Waals surface area contributed by atoms with E-state index in [4.69, 9.17) is 12.8 Å². The van der Waals surface area contributed by atoms with Crippen molar-refractivity contribution in [2.24, 2.45) is 0 Å². The van der Waals surface area contributed by atoms with Crippen LogP contribution in [-0.4, -0.2) is 11.6 Å². The highest BCUT2D eigenvalue weighted by atomic mass is 16.1. The maximum absolute atomic E-state index is 11.5. The second kappa shape index (κ2) is 5.69. The predicted octanol–water partition coefficient (Wildman–Crippen LogP) is 2.99. The average Bonchev–Trinajstić information content (AvgIpc) is 2.53. The molecule has 0 saturated heterocycles. The zero-order valence-corrected chi connectivity index (χ0v) is 10.6. The van der Waals surface area contributed by atoms with Gasteiger partial charge in [-0.05, 0) is 35.1 Å². The first kappa shape index (κ1) is 13.3. The lowest BCUT2D eigenvalue weighted by molar-refractivity contribution is 0.104. The quantitative estimate of drug-likeness (QED) is 0.482. The molecule has 0 aliphatic rings. The number of terminal acetylenes is 2. The van der Waals surface area contributed by atoms with E-state index in [0.29, 0.717) is 11.1 Å². The summed E-state index contributed by atoms with van der Waals surface area (Å²) >= 11 is 0. The summed E-state index contributed by atoms with van der Waals surface area (Å²) in [6, 6.07) is 13.9. The standard InChI is InChI=1S/C18H10O2/c1-3-17(19)15-9-5-7-13(11-15)14-8-6-10-16(12-14)18(20)4-2/h1-2,5-12H. The molecule has 2 nitrogen and oxygen atoms in total. The van der Waals surface area contributed by atoms with Crippen LogP contribution in [0.4, 0.5) is 0 Å². The van der Waals surface area contributed by atoms with Crippen molar-refractivity contribution in [2.75, 3.05) is 0 Å². The number of carbonyl (C=O) groups excluding carboxylic acids is 2. The molecule has 0 aromatic heterocycles. The molecule has 2 heteroatoms. The van der Waals surface area contributed by atoms with Gasteiger partial charge in [0.05, 0.1) is 0 Å². The van der Waals surface area contributed by atoms with Gasteiger partial charge in [-0.15, -0.1) is 12.8 Å². The summed E-state index contributed by atoms with van der Waals surface area (Å²) < 4.78 is 0.